The lowest BCUT2D eigenvalue weighted by molar-refractivity contribution is -0.142. The fourth-order valence-corrected chi connectivity index (χ4v) is 3.11. The van der Waals surface area contributed by atoms with E-state index >= 15 is 0 Å². The molecule has 2 aromatic rings. The summed E-state index contributed by atoms with van der Waals surface area (Å²) >= 11 is 0. The van der Waals surface area contributed by atoms with Crippen LogP contribution in [0.4, 0.5) is 0 Å². The van der Waals surface area contributed by atoms with Gasteiger partial charge in [0.25, 0.3) is 0 Å². The highest BCUT2D eigenvalue weighted by atomic mass is 16.4. The minimum atomic E-state index is -1.02. The molecular weight excluding hydrogens is 294 g/mol. The lowest BCUT2D eigenvalue weighted by atomic mass is 10.0. The number of amides is 1. The van der Waals surface area contributed by atoms with Gasteiger partial charge in [-0.3, -0.25) is 4.79 Å². The number of carboxylic acids is 1. The van der Waals surface area contributed by atoms with E-state index in [0.717, 1.165) is 29.4 Å². The summed E-state index contributed by atoms with van der Waals surface area (Å²) < 4.78 is 0. The van der Waals surface area contributed by atoms with Crippen LogP contribution >= 0.6 is 0 Å². The van der Waals surface area contributed by atoms with Crippen LogP contribution in [-0.4, -0.2) is 40.6 Å². The van der Waals surface area contributed by atoms with Gasteiger partial charge in [-0.1, -0.05) is 25.1 Å². The fourth-order valence-electron chi connectivity index (χ4n) is 3.11. The highest BCUT2D eigenvalue weighted by Crippen LogP contribution is 2.19. The molecule has 0 aliphatic carbocycles. The summed E-state index contributed by atoms with van der Waals surface area (Å²) in [7, 11) is 0. The van der Waals surface area contributed by atoms with Crippen LogP contribution in [0.25, 0.3) is 10.9 Å². The van der Waals surface area contributed by atoms with Crippen LogP contribution in [0, 0.1) is 5.92 Å². The largest absolute Gasteiger partial charge is 0.480 e. The molecule has 6 nitrogen and oxygen atoms in total. The second-order valence-corrected chi connectivity index (χ2v) is 6.26. The number of aromatic amines is 1. The zero-order valence-corrected chi connectivity index (χ0v) is 13.0. The maximum absolute atomic E-state index is 12.3. The molecule has 3 rings (SSSR count). The molecule has 1 fully saturated rings. The number of hydrogen-bond donors (Lipinski definition) is 4. The molecular formula is C17H21N3O3. The Hall–Kier alpha value is -2.34. The van der Waals surface area contributed by atoms with Crippen LogP contribution in [0.3, 0.4) is 0 Å². The van der Waals surface area contributed by atoms with E-state index in [4.69, 9.17) is 0 Å². The predicted octanol–water partition coefficient (Wildman–Crippen LogP) is 1.28. The van der Waals surface area contributed by atoms with Gasteiger partial charge in [0.05, 0.1) is 6.04 Å². The molecule has 0 saturated carbocycles. The van der Waals surface area contributed by atoms with Gasteiger partial charge in [0.1, 0.15) is 6.04 Å². The molecule has 6 heteroatoms. The minimum absolute atomic E-state index is 0.235. The van der Waals surface area contributed by atoms with Gasteiger partial charge in [-0.25, -0.2) is 4.79 Å². The summed E-state index contributed by atoms with van der Waals surface area (Å²) in [5.41, 5.74) is 1.85. The van der Waals surface area contributed by atoms with Crippen molar-refractivity contribution in [2.24, 2.45) is 5.92 Å². The SMILES string of the molecule is C[C@H]1CN[C@H](C(=O)N[C@@H](Cc2c[nH]c3ccccc23)C(=O)O)C1. The van der Waals surface area contributed by atoms with Crippen LogP contribution in [0.15, 0.2) is 30.5 Å². The van der Waals surface area contributed by atoms with Gasteiger partial charge in [0.15, 0.2) is 0 Å². The number of rotatable bonds is 5. The first-order chi connectivity index (χ1) is 11.0. The second-order valence-electron chi connectivity index (χ2n) is 6.26. The Morgan fingerprint density at radius 2 is 2.17 bits per heavy atom. The molecule has 0 spiro atoms. The van der Waals surface area contributed by atoms with Crippen LogP contribution in [-0.2, 0) is 16.0 Å². The van der Waals surface area contributed by atoms with Crippen molar-refractivity contribution in [2.75, 3.05) is 6.54 Å². The van der Waals surface area contributed by atoms with E-state index in [-0.39, 0.29) is 18.4 Å². The predicted molar refractivity (Wildman–Crippen MR) is 87.1 cm³/mol. The maximum Gasteiger partial charge on any atom is 0.326 e. The second kappa shape index (κ2) is 6.42. The molecule has 1 saturated heterocycles. The van der Waals surface area contributed by atoms with E-state index in [2.05, 4.69) is 22.5 Å². The number of para-hydroxylation sites is 1. The number of benzene rings is 1. The van der Waals surface area contributed by atoms with Crippen LogP contribution in [0.1, 0.15) is 18.9 Å². The van der Waals surface area contributed by atoms with Crippen molar-refractivity contribution < 1.29 is 14.7 Å². The molecule has 1 aliphatic heterocycles. The molecule has 23 heavy (non-hydrogen) atoms. The Labute approximate surface area is 134 Å². The smallest absolute Gasteiger partial charge is 0.326 e. The molecule has 4 N–H and O–H groups in total. The highest BCUT2D eigenvalue weighted by Gasteiger charge is 2.30. The lowest BCUT2D eigenvalue weighted by Gasteiger charge is -2.17. The number of aromatic nitrogens is 1. The summed E-state index contributed by atoms with van der Waals surface area (Å²) in [6, 6.07) is 6.50. The van der Waals surface area contributed by atoms with Gasteiger partial charge in [0, 0.05) is 23.5 Å². The third-order valence-corrected chi connectivity index (χ3v) is 4.38. The summed E-state index contributed by atoms with van der Waals surface area (Å²) in [6.45, 7) is 2.86. The van der Waals surface area contributed by atoms with Crippen molar-refractivity contribution in [2.45, 2.75) is 31.8 Å². The topological polar surface area (TPSA) is 94.2 Å². The van der Waals surface area contributed by atoms with E-state index in [1.54, 1.807) is 0 Å². The molecule has 1 amide bonds. The third-order valence-electron chi connectivity index (χ3n) is 4.38. The molecule has 3 atom stereocenters. The molecule has 1 aromatic heterocycles. The average Bonchev–Trinajstić information content (AvgIpc) is 3.13. The molecule has 122 valence electrons. The van der Waals surface area contributed by atoms with E-state index in [1.807, 2.05) is 30.5 Å². The monoisotopic (exact) mass is 315 g/mol. The number of aliphatic carboxylic acids is 1. The van der Waals surface area contributed by atoms with Gasteiger partial charge >= 0.3 is 5.97 Å². The lowest BCUT2D eigenvalue weighted by Crippen LogP contribution is -2.49. The molecule has 0 radical (unpaired) electrons. The fraction of sp³-hybridized carbons (Fsp3) is 0.412. The van der Waals surface area contributed by atoms with Crippen molar-refractivity contribution >= 4 is 22.8 Å². The van der Waals surface area contributed by atoms with Gasteiger partial charge in [0.2, 0.25) is 5.91 Å². The zero-order valence-electron chi connectivity index (χ0n) is 13.0. The average molecular weight is 315 g/mol. The maximum atomic E-state index is 12.3. The van der Waals surface area contributed by atoms with Crippen LogP contribution < -0.4 is 10.6 Å². The van der Waals surface area contributed by atoms with Gasteiger partial charge in [-0.05, 0) is 30.5 Å². The van der Waals surface area contributed by atoms with Crippen molar-refractivity contribution in [3.05, 3.63) is 36.0 Å². The normalized spacial score (nSPS) is 22.1. The standard InChI is InChI=1S/C17H21N3O3/c1-10-6-14(18-8-10)16(21)20-15(17(22)23)7-11-9-19-13-5-3-2-4-12(11)13/h2-5,9-10,14-15,18-19H,6-8H2,1H3,(H,20,21)(H,22,23)/t10-,14+,15+/m1/s1. The Morgan fingerprint density at radius 3 is 2.87 bits per heavy atom. The van der Waals surface area contributed by atoms with E-state index < -0.39 is 12.0 Å². The molecule has 1 aromatic carbocycles. The quantitative estimate of drug-likeness (QED) is 0.668. The van der Waals surface area contributed by atoms with E-state index in [1.165, 1.54) is 0 Å². The first-order valence-corrected chi connectivity index (χ1v) is 7.86. The summed E-state index contributed by atoms with van der Waals surface area (Å²) in [5.74, 6) is -0.820. The first-order valence-electron chi connectivity index (χ1n) is 7.86. The Balaban J connectivity index is 1.72. The number of H-pyrrole nitrogens is 1. The number of carbonyl (C=O) groups is 2. The van der Waals surface area contributed by atoms with Gasteiger partial charge < -0.3 is 20.7 Å². The van der Waals surface area contributed by atoms with Crippen molar-refractivity contribution in [3.8, 4) is 0 Å². The van der Waals surface area contributed by atoms with Crippen molar-refractivity contribution in [1.29, 1.82) is 0 Å². The van der Waals surface area contributed by atoms with Crippen LogP contribution in [0.5, 0.6) is 0 Å². The van der Waals surface area contributed by atoms with E-state index in [9.17, 15) is 14.7 Å². The zero-order chi connectivity index (χ0) is 16.4. The Kier molecular flexibility index (Phi) is 4.34. The number of carboxylic acid groups (broad SMARTS) is 1. The van der Waals surface area contributed by atoms with E-state index in [0.29, 0.717) is 5.92 Å². The van der Waals surface area contributed by atoms with Gasteiger partial charge in [-0.15, -0.1) is 0 Å². The van der Waals surface area contributed by atoms with Crippen molar-refractivity contribution in [1.82, 2.24) is 15.6 Å². The van der Waals surface area contributed by atoms with Gasteiger partial charge in [-0.2, -0.15) is 0 Å². The minimum Gasteiger partial charge on any atom is -0.480 e. The summed E-state index contributed by atoms with van der Waals surface area (Å²) in [5, 5.41) is 16.2. The Bertz CT molecular complexity index is 725. The molecule has 0 bridgehead atoms. The summed E-state index contributed by atoms with van der Waals surface area (Å²) in [4.78, 5) is 26.9. The first kappa shape index (κ1) is 15.6. The van der Waals surface area contributed by atoms with Crippen molar-refractivity contribution in [3.63, 3.8) is 0 Å². The molecule has 1 aliphatic rings. The number of fused-ring (bicyclic) bond motifs is 1. The number of nitrogens with one attached hydrogen (secondary N) is 3. The number of carbonyl (C=O) groups excluding carboxylic acids is 1. The van der Waals surface area contributed by atoms with Crippen LogP contribution in [0.2, 0.25) is 0 Å². The number of hydrogen-bond acceptors (Lipinski definition) is 3. The molecule has 2 heterocycles. The third kappa shape index (κ3) is 3.37. The highest BCUT2D eigenvalue weighted by molar-refractivity contribution is 5.88. The summed E-state index contributed by atoms with van der Waals surface area (Å²) in [6.07, 6.45) is 2.81. The molecule has 0 unspecified atom stereocenters. The Morgan fingerprint density at radius 1 is 1.39 bits per heavy atom.